The Balaban J connectivity index is 1.53. The van der Waals surface area contributed by atoms with E-state index >= 15 is 0 Å². The van der Waals surface area contributed by atoms with Gasteiger partial charge in [-0.2, -0.15) is 0 Å². The number of aromatic hydroxyl groups is 1. The second-order valence-corrected chi connectivity index (χ2v) is 7.52. The largest absolute Gasteiger partial charge is 0.508 e. The van der Waals surface area contributed by atoms with E-state index in [9.17, 15) is 14.7 Å². The molecule has 0 aliphatic rings. The minimum atomic E-state index is -0.358. The minimum Gasteiger partial charge on any atom is -0.508 e. The zero-order valence-corrected chi connectivity index (χ0v) is 17.9. The zero-order chi connectivity index (χ0) is 22.4. The van der Waals surface area contributed by atoms with E-state index in [2.05, 4.69) is 34.6 Å². The summed E-state index contributed by atoms with van der Waals surface area (Å²) in [7, 11) is 0. The zero-order valence-electron chi connectivity index (χ0n) is 17.9. The van der Waals surface area contributed by atoms with Gasteiger partial charge in [0.15, 0.2) is 0 Å². The van der Waals surface area contributed by atoms with Crippen LogP contribution in [0.1, 0.15) is 58.6 Å². The Morgan fingerprint density at radius 1 is 1.03 bits per heavy atom. The molecule has 1 heterocycles. The lowest BCUT2D eigenvalue weighted by Crippen LogP contribution is -2.30. The Morgan fingerprint density at radius 2 is 1.74 bits per heavy atom. The van der Waals surface area contributed by atoms with Crippen molar-refractivity contribution < 1.29 is 14.7 Å². The Hall–Kier alpha value is -3.68. The number of carbonyl (C=O) groups excluding carboxylic acids is 2. The van der Waals surface area contributed by atoms with Crippen LogP contribution in [0.25, 0.3) is 5.69 Å². The van der Waals surface area contributed by atoms with E-state index in [-0.39, 0.29) is 23.4 Å². The Bertz CT molecular complexity index is 1070. The maximum atomic E-state index is 12.5. The first-order valence-electron chi connectivity index (χ1n) is 10.2. The van der Waals surface area contributed by atoms with Crippen molar-refractivity contribution in [3.8, 4) is 11.4 Å². The van der Waals surface area contributed by atoms with Gasteiger partial charge < -0.3 is 15.7 Å². The number of carbonyl (C=O) groups is 2. The van der Waals surface area contributed by atoms with Crippen molar-refractivity contribution in [3.05, 3.63) is 71.3 Å². The lowest BCUT2D eigenvalue weighted by Gasteiger charge is -2.12. The predicted octanol–water partition coefficient (Wildman–Crippen LogP) is 2.95. The minimum absolute atomic E-state index is 0.0400. The van der Waals surface area contributed by atoms with Gasteiger partial charge in [-0.1, -0.05) is 38.1 Å². The standard InChI is InChI=1S/C23H27N5O3/c1-15(2)19-10-4-5-11-20(19)28-16(3)26-21(27-28)23(31)25-13-7-12-24-22(30)17-8-6-9-18(29)14-17/h4-6,8-11,14-15,29H,7,12-13H2,1-3H3,(H,24,30)(H,25,31). The molecular weight excluding hydrogens is 394 g/mol. The molecule has 2 amide bonds. The molecule has 3 N–H and O–H groups in total. The van der Waals surface area contributed by atoms with Crippen molar-refractivity contribution in [2.45, 2.75) is 33.1 Å². The molecule has 0 atom stereocenters. The van der Waals surface area contributed by atoms with Gasteiger partial charge in [-0.25, -0.2) is 9.67 Å². The number of nitrogens with one attached hydrogen (secondary N) is 2. The highest BCUT2D eigenvalue weighted by molar-refractivity contribution is 5.94. The topological polar surface area (TPSA) is 109 Å². The highest BCUT2D eigenvalue weighted by Gasteiger charge is 2.17. The van der Waals surface area contributed by atoms with Crippen LogP contribution in [0.5, 0.6) is 5.75 Å². The summed E-state index contributed by atoms with van der Waals surface area (Å²) >= 11 is 0. The number of hydrogen-bond acceptors (Lipinski definition) is 5. The summed E-state index contributed by atoms with van der Waals surface area (Å²) in [5, 5.41) is 19.4. The second-order valence-electron chi connectivity index (χ2n) is 7.52. The molecule has 3 rings (SSSR count). The molecule has 0 bridgehead atoms. The van der Waals surface area contributed by atoms with E-state index in [0.29, 0.717) is 36.8 Å². The third-order valence-corrected chi connectivity index (χ3v) is 4.79. The van der Waals surface area contributed by atoms with Crippen molar-refractivity contribution in [2.75, 3.05) is 13.1 Å². The van der Waals surface area contributed by atoms with E-state index in [1.54, 1.807) is 16.8 Å². The molecule has 2 aromatic carbocycles. The summed E-state index contributed by atoms with van der Waals surface area (Å²) in [6, 6.07) is 14.1. The van der Waals surface area contributed by atoms with Crippen LogP contribution in [-0.4, -0.2) is 44.8 Å². The van der Waals surface area contributed by atoms with E-state index in [0.717, 1.165) is 11.3 Å². The fourth-order valence-corrected chi connectivity index (χ4v) is 3.20. The first kappa shape index (κ1) is 22.0. The average molecular weight is 422 g/mol. The number of rotatable bonds is 8. The van der Waals surface area contributed by atoms with Crippen LogP contribution < -0.4 is 10.6 Å². The number of aromatic nitrogens is 3. The van der Waals surface area contributed by atoms with Crippen LogP contribution in [0, 0.1) is 6.92 Å². The molecule has 162 valence electrons. The summed E-state index contributed by atoms with van der Waals surface area (Å²) < 4.78 is 1.69. The Morgan fingerprint density at radius 3 is 2.45 bits per heavy atom. The molecule has 0 spiro atoms. The van der Waals surface area contributed by atoms with Crippen molar-refractivity contribution in [2.24, 2.45) is 0 Å². The molecular formula is C23H27N5O3. The number of para-hydroxylation sites is 1. The van der Waals surface area contributed by atoms with Crippen LogP contribution in [0.15, 0.2) is 48.5 Å². The van der Waals surface area contributed by atoms with E-state index in [1.807, 2.05) is 31.2 Å². The highest BCUT2D eigenvalue weighted by Crippen LogP contribution is 2.23. The molecule has 8 nitrogen and oxygen atoms in total. The number of phenolic OH excluding ortho intramolecular Hbond substituents is 1. The van der Waals surface area contributed by atoms with Crippen molar-refractivity contribution in [3.63, 3.8) is 0 Å². The number of aryl methyl sites for hydroxylation is 1. The number of phenols is 1. The summed E-state index contributed by atoms with van der Waals surface area (Å²) in [6.07, 6.45) is 0.548. The van der Waals surface area contributed by atoms with Gasteiger partial charge in [0.25, 0.3) is 11.8 Å². The van der Waals surface area contributed by atoms with Gasteiger partial charge in [-0.15, -0.1) is 5.10 Å². The molecule has 0 aliphatic heterocycles. The monoisotopic (exact) mass is 421 g/mol. The Kier molecular flexibility index (Phi) is 7.02. The van der Waals surface area contributed by atoms with Crippen LogP contribution in [0.3, 0.4) is 0 Å². The molecule has 3 aromatic rings. The van der Waals surface area contributed by atoms with Crippen LogP contribution in [0.4, 0.5) is 0 Å². The average Bonchev–Trinajstić information content (AvgIpc) is 3.14. The quantitative estimate of drug-likeness (QED) is 0.485. The number of hydrogen-bond donors (Lipinski definition) is 3. The lowest BCUT2D eigenvalue weighted by atomic mass is 10.0. The van der Waals surface area contributed by atoms with Gasteiger partial charge in [0, 0.05) is 18.7 Å². The Labute approximate surface area is 181 Å². The predicted molar refractivity (Wildman–Crippen MR) is 118 cm³/mol. The van der Waals surface area contributed by atoms with Gasteiger partial charge in [-0.05, 0) is 49.1 Å². The number of amides is 2. The number of nitrogens with zero attached hydrogens (tertiary/aromatic N) is 3. The molecule has 0 aliphatic carbocycles. The molecule has 0 saturated carbocycles. The SMILES string of the molecule is Cc1nc(C(=O)NCCCNC(=O)c2cccc(O)c2)nn1-c1ccccc1C(C)C. The normalized spacial score (nSPS) is 10.8. The molecule has 0 saturated heterocycles. The highest BCUT2D eigenvalue weighted by atomic mass is 16.3. The van der Waals surface area contributed by atoms with Gasteiger partial charge in [-0.3, -0.25) is 9.59 Å². The lowest BCUT2D eigenvalue weighted by molar-refractivity contribution is 0.0942. The van der Waals surface area contributed by atoms with E-state index < -0.39 is 0 Å². The maximum Gasteiger partial charge on any atom is 0.290 e. The van der Waals surface area contributed by atoms with Crippen molar-refractivity contribution in [1.29, 1.82) is 0 Å². The van der Waals surface area contributed by atoms with Gasteiger partial charge in [0.1, 0.15) is 11.6 Å². The van der Waals surface area contributed by atoms with Crippen LogP contribution in [0.2, 0.25) is 0 Å². The van der Waals surface area contributed by atoms with Gasteiger partial charge in [0.05, 0.1) is 5.69 Å². The fraction of sp³-hybridized carbons (Fsp3) is 0.304. The van der Waals surface area contributed by atoms with Crippen LogP contribution >= 0.6 is 0 Å². The first-order chi connectivity index (χ1) is 14.9. The summed E-state index contributed by atoms with van der Waals surface area (Å²) in [6.45, 7) is 6.79. The molecule has 8 heteroatoms. The summed E-state index contributed by atoms with van der Waals surface area (Å²) in [5.74, 6) is 0.465. The first-order valence-corrected chi connectivity index (χ1v) is 10.2. The van der Waals surface area contributed by atoms with Gasteiger partial charge >= 0.3 is 0 Å². The van der Waals surface area contributed by atoms with Crippen molar-refractivity contribution >= 4 is 11.8 Å². The van der Waals surface area contributed by atoms with E-state index in [4.69, 9.17) is 0 Å². The van der Waals surface area contributed by atoms with E-state index in [1.165, 1.54) is 12.1 Å². The molecule has 0 radical (unpaired) electrons. The fourth-order valence-electron chi connectivity index (χ4n) is 3.20. The molecule has 0 unspecified atom stereocenters. The summed E-state index contributed by atoms with van der Waals surface area (Å²) in [4.78, 5) is 28.8. The third kappa shape index (κ3) is 5.48. The van der Waals surface area contributed by atoms with Crippen LogP contribution in [-0.2, 0) is 0 Å². The maximum absolute atomic E-state index is 12.5. The van der Waals surface area contributed by atoms with Gasteiger partial charge in [0.2, 0.25) is 5.82 Å². The molecule has 0 fully saturated rings. The second kappa shape index (κ2) is 9.88. The smallest absolute Gasteiger partial charge is 0.290 e. The number of benzene rings is 2. The third-order valence-electron chi connectivity index (χ3n) is 4.79. The summed E-state index contributed by atoms with van der Waals surface area (Å²) in [5.41, 5.74) is 2.43. The van der Waals surface area contributed by atoms with Crippen molar-refractivity contribution in [1.82, 2.24) is 25.4 Å². The molecule has 1 aromatic heterocycles. The molecule has 31 heavy (non-hydrogen) atoms.